The molecule has 0 saturated heterocycles. The van der Waals surface area contributed by atoms with E-state index < -0.39 is 0 Å². The molecule has 1 N–H and O–H groups in total. The molecule has 0 unspecified atom stereocenters. The number of hydrogen-bond donors (Lipinski definition) is 1. The lowest BCUT2D eigenvalue weighted by Gasteiger charge is -2.11. The summed E-state index contributed by atoms with van der Waals surface area (Å²) in [5.74, 6) is 1.46. The smallest absolute Gasteiger partial charge is 0.120 e. The first-order chi connectivity index (χ1) is 10.1. The van der Waals surface area contributed by atoms with Gasteiger partial charge >= 0.3 is 0 Å². The number of benzene rings is 2. The number of nitrogens with one attached hydrogen (secondary N) is 1. The molecule has 0 spiro atoms. The molecular weight excluding hydrogens is 326 g/mol. The van der Waals surface area contributed by atoms with Crippen LogP contribution in [-0.4, -0.2) is 7.05 Å². The normalized spacial score (nSPS) is 10.9. The van der Waals surface area contributed by atoms with E-state index in [1.807, 2.05) is 19.2 Å². The Morgan fingerprint density at radius 1 is 1.10 bits per heavy atom. The Kier molecular flexibility index (Phi) is 5.83. The molecule has 2 aromatic rings. The summed E-state index contributed by atoms with van der Waals surface area (Å²) in [6, 6.07) is 14.7. The van der Waals surface area contributed by atoms with Crippen LogP contribution in [0.3, 0.4) is 0 Å². The first-order valence-electron chi connectivity index (χ1n) is 7.25. The molecule has 0 saturated carbocycles. The second-order valence-corrected chi connectivity index (χ2v) is 6.32. The highest BCUT2D eigenvalue weighted by Crippen LogP contribution is 2.23. The van der Waals surface area contributed by atoms with Crippen LogP contribution in [0.1, 0.15) is 36.5 Å². The second-order valence-electron chi connectivity index (χ2n) is 5.47. The van der Waals surface area contributed by atoms with Crippen molar-refractivity contribution in [3.63, 3.8) is 0 Å². The van der Waals surface area contributed by atoms with Crippen LogP contribution in [0, 0.1) is 0 Å². The molecule has 0 fully saturated rings. The molecule has 0 radical (unpaired) electrons. The van der Waals surface area contributed by atoms with E-state index in [2.05, 4.69) is 65.4 Å². The van der Waals surface area contributed by atoms with E-state index in [1.54, 1.807) is 0 Å². The van der Waals surface area contributed by atoms with Crippen molar-refractivity contribution in [1.29, 1.82) is 0 Å². The number of halogens is 1. The van der Waals surface area contributed by atoms with E-state index >= 15 is 0 Å². The van der Waals surface area contributed by atoms with Gasteiger partial charge in [-0.15, -0.1) is 0 Å². The average Bonchev–Trinajstić information content (AvgIpc) is 2.48. The van der Waals surface area contributed by atoms with Crippen LogP contribution >= 0.6 is 15.9 Å². The van der Waals surface area contributed by atoms with Crippen LogP contribution in [0.5, 0.6) is 5.75 Å². The monoisotopic (exact) mass is 347 g/mol. The highest BCUT2D eigenvalue weighted by Gasteiger charge is 2.03. The molecular formula is C18H22BrNO. The maximum absolute atomic E-state index is 5.89. The van der Waals surface area contributed by atoms with Gasteiger partial charge in [0.2, 0.25) is 0 Å². The first-order valence-corrected chi connectivity index (χ1v) is 8.04. The average molecular weight is 348 g/mol. The van der Waals surface area contributed by atoms with Crippen LogP contribution < -0.4 is 10.1 Å². The number of ether oxygens (including phenoxy) is 1. The van der Waals surface area contributed by atoms with Gasteiger partial charge in [0.1, 0.15) is 12.4 Å². The Bertz CT molecular complexity index is 578. The van der Waals surface area contributed by atoms with Crippen molar-refractivity contribution in [2.45, 2.75) is 32.9 Å². The van der Waals surface area contributed by atoms with E-state index in [4.69, 9.17) is 4.74 Å². The molecule has 2 rings (SSSR count). The molecule has 0 aliphatic rings. The van der Waals surface area contributed by atoms with Crippen LogP contribution in [0.15, 0.2) is 46.9 Å². The van der Waals surface area contributed by atoms with Gasteiger partial charge in [-0.1, -0.05) is 54.0 Å². The molecule has 0 amide bonds. The van der Waals surface area contributed by atoms with Crippen molar-refractivity contribution in [2.75, 3.05) is 7.05 Å². The molecule has 0 atom stereocenters. The summed E-state index contributed by atoms with van der Waals surface area (Å²) < 4.78 is 6.99. The standard InChI is InChI=1S/C18H22BrNO/c1-13(2)15-6-4-14(5-7-15)12-21-17-8-9-18(19)16(10-17)11-20-3/h4-10,13,20H,11-12H2,1-3H3. The minimum atomic E-state index is 0.565. The lowest BCUT2D eigenvalue weighted by molar-refractivity contribution is 0.306. The van der Waals surface area contributed by atoms with Gasteiger partial charge in [-0.2, -0.15) is 0 Å². The van der Waals surface area contributed by atoms with E-state index in [-0.39, 0.29) is 0 Å². The predicted octanol–water partition coefficient (Wildman–Crippen LogP) is 4.87. The SMILES string of the molecule is CNCc1cc(OCc2ccc(C(C)C)cc2)ccc1Br. The summed E-state index contributed by atoms with van der Waals surface area (Å²) in [7, 11) is 1.94. The molecule has 2 nitrogen and oxygen atoms in total. The van der Waals surface area contributed by atoms with E-state index in [0.29, 0.717) is 12.5 Å². The summed E-state index contributed by atoms with van der Waals surface area (Å²) in [4.78, 5) is 0. The largest absolute Gasteiger partial charge is 0.489 e. The molecule has 0 aromatic heterocycles. The van der Waals surface area contributed by atoms with Crippen molar-refractivity contribution >= 4 is 15.9 Å². The van der Waals surface area contributed by atoms with Gasteiger partial charge in [0, 0.05) is 11.0 Å². The minimum Gasteiger partial charge on any atom is -0.489 e. The van der Waals surface area contributed by atoms with Crippen molar-refractivity contribution in [3.8, 4) is 5.75 Å². The van der Waals surface area contributed by atoms with Crippen molar-refractivity contribution < 1.29 is 4.74 Å². The molecule has 0 bridgehead atoms. The molecule has 21 heavy (non-hydrogen) atoms. The molecule has 0 aliphatic heterocycles. The summed E-state index contributed by atoms with van der Waals surface area (Å²) in [6.45, 7) is 5.83. The van der Waals surface area contributed by atoms with E-state index in [0.717, 1.165) is 16.8 Å². The first kappa shape index (κ1) is 16.1. The van der Waals surface area contributed by atoms with Crippen LogP contribution in [0.2, 0.25) is 0 Å². The van der Waals surface area contributed by atoms with Crippen molar-refractivity contribution in [3.05, 3.63) is 63.6 Å². The Balaban J connectivity index is 2.00. The second kappa shape index (κ2) is 7.62. The zero-order valence-corrected chi connectivity index (χ0v) is 14.4. The van der Waals surface area contributed by atoms with Gasteiger partial charge in [-0.25, -0.2) is 0 Å². The Morgan fingerprint density at radius 3 is 2.43 bits per heavy atom. The number of hydrogen-bond acceptors (Lipinski definition) is 2. The summed E-state index contributed by atoms with van der Waals surface area (Å²) in [5, 5.41) is 3.16. The lowest BCUT2D eigenvalue weighted by Crippen LogP contribution is -2.06. The third-order valence-electron chi connectivity index (χ3n) is 3.44. The zero-order valence-electron chi connectivity index (χ0n) is 12.8. The molecule has 112 valence electrons. The van der Waals surface area contributed by atoms with Crippen molar-refractivity contribution in [1.82, 2.24) is 5.32 Å². The maximum atomic E-state index is 5.89. The quantitative estimate of drug-likeness (QED) is 0.804. The van der Waals surface area contributed by atoms with Gasteiger partial charge in [0.15, 0.2) is 0 Å². The fourth-order valence-corrected chi connectivity index (χ4v) is 2.52. The lowest BCUT2D eigenvalue weighted by atomic mass is 10.0. The Morgan fingerprint density at radius 2 is 1.81 bits per heavy atom. The highest BCUT2D eigenvalue weighted by molar-refractivity contribution is 9.10. The van der Waals surface area contributed by atoms with Gasteiger partial charge in [0.25, 0.3) is 0 Å². The van der Waals surface area contributed by atoms with Gasteiger partial charge in [0.05, 0.1) is 0 Å². The molecule has 0 aliphatic carbocycles. The fourth-order valence-electron chi connectivity index (χ4n) is 2.13. The molecule has 3 heteroatoms. The third kappa shape index (κ3) is 4.58. The fraction of sp³-hybridized carbons (Fsp3) is 0.333. The number of rotatable bonds is 6. The van der Waals surface area contributed by atoms with Gasteiger partial charge < -0.3 is 10.1 Å². The Hall–Kier alpha value is -1.32. The summed E-state index contributed by atoms with van der Waals surface area (Å²) >= 11 is 3.55. The Labute approximate surface area is 135 Å². The highest BCUT2D eigenvalue weighted by atomic mass is 79.9. The maximum Gasteiger partial charge on any atom is 0.120 e. The molecule has 2 aromatic carbocycles. The summed E-state index contributed by atoms with van der Waals surface area (Å²) in [5.41, 5.74) is 3.75. The minimum absolute atomic E-state index is 0.565. The van der Waals surface area contributed by atoms with Crippen LogP contribution in [-0.2, 0) is 13.2 Å². The van der Waals surface area contributed by atoms with Crippen LogP contribution in [0.4, 0.5) is 0 Å². The van der Waals surface area contributed by atoms with E-state index in [1.165, 1.54) is 16.7 Å². The van der Waals surface area contributed by atoms with Crippen molar-refractivity contribution in [2.24, 2.45) is 0 Å². The topological polar surface area (TPSA) is 21.3 Å². The van der Waals surface area contributed by atoms with E-state index in [9.17, 15) is 0 Å². The van der Waals surface area contributed by atoms with Gasteiger partial charge in [-0.05, 0) is 47.9 Å². The summed E-state index contributed by atoms with van der Waals surface area (Å²) in [6.07, 6.45) is 0. The van der Waals surface area contributed by atoms with Gasteiger partial charge in [-0.3, -0.25) is 0 Å². The predicted molar refractivity (Wildman–Crippen MR) is 91.8 cm³/mol. The zero-order chi connectivity index (χ0) is 15.2. The van der Waals surface area contributed by atoms with Crippen LogP contribution in [0.25, 0.3) is 0 Å². The molecule has 0 heterocycles. The third-order valence-corrected chi connectivity index (χ3v) is 4.21.